The maximum atomic E-state index is 6.74. The van der Waals surface area contributed by atoms with Crippen LogP contribution in [0, 0.1) is 13.8 Å². The van der Waals surface area contributed by atoms with Crippen molar-refractivity contribution in [1.29, 1.82) is 0 Å². The van der Waals surface area contributed by atoms with Crippen LogP contribution in [0.25, 0.3) is 0 Å². The Morgan fingerprint density at radius 2 is 2.10 bits per heavy atom. The van der Waals surface area contributed by atoms with E-state index in [0.717, 1.165) is 48.8 Å². The van der Waals surface area contributed by atoms with Gasteiger partial charge < -0.3 is 4.90 Å². The number of aromatic nitrogens is 3. The predicted octanol–water partition coefficient (Wildman–Crippen LogP) is 6.92. The third-order valence-electron chi connectivity index (χ3n) is 6.27. The quantitative estimate of drug-likeness (QED) is 0.415. The van der Waals surface area contributed by atoms with Gasteiger partial charge in [-0.25, -0.2) is 0 Å². The molecule has 4 nitrogen and oxygen atoms in total. The van der Waals surface area contributed by atoms with Gasteiger partial charge in [-0.15, -0.1) is 11.3 Å². The lowest BCUT2D eigenvalue weighted by Crippen LogP contribution is -2.27. The minimum absolute atomic E-state index is 0.452. The van der Waals surface area contributed by atoms with Crippen molar-refractivity contribution in [2.45, 2.75) is 65.2 Å². The van der Waals surface area contributed by atoms with Gasteiger partial charge >= 0.3 is 0 Å². The van der Waals surface area contributed by atoms with Crippen LogP contribution in [0.5, 0.6) is 0 Å². The number of rotatable bonds is 6. The van der Waals surface area contributed by atoms with Gasteiger partial charge in [0.1, 0.15) is 0 Å². The summed E-state index contributed by atoms with van der Waals surface area (Å²) in [6, 6.07) is 4.28. The Morgan fingerprint density at radius 3 is 2.77 bits per heavy atom. The molecule has 2 aromatic heterocycles. The smallest absolute Gasteiger partial charge is 0.158 e. The number of hydrogen-bond acceptors (Lipinski definition) is 4. The molecule has 2 atom stereocenters. The summed E-state index contributed by atoms with van der Waals surface area (Å²) in [5.41, 5.74) is 8.24. The highest BCUT2D eigenvalue weighted by molar-refractivity contribution is 7.09. The summed E-state index contributed by atoms with van der Waals surface area (Å²) in [7, 11) is 2.11. The third-order valence-corrected chi connectivity index (χ3v) is 7.36. The second-order valence-corrected chi connectivity index (χ2v) is 10.0. The van der Waals surface area contributed by atoms with Crippen molar-refractivity contribution < 1.29 is 0 Å². The van der Waals surface area contributed by atoms with Gasteiger partial charge in [-0.05, 0) is 56.2 Å². The Hall–Kier alpha value is -1.85. The van der Waals surface area contributed by atoms with Crippen LogP contribution in [0.2, 0.25) is 5.02 Å². The molecular weight excluding hydrogens is 412 g/mol. The van der Waals surface area contributed by atoms with E-state index in [0.29, 0.717) is 11.8 Å². The van der Waals surface area contributed by atoms with E-state index in [1.54, 1.807) is 11.3 Å². The molecule has 3 aromatic rings. The molecule has 3 heterocycles. The molecule has 0 amide bonds. The number of hydrogen-bond donors (Lipinski definition) is 0. The number of anilines is 2. The Balaban J connectivity index is 1.81. The van der Waals surface area contributed by atoms with Gasteiger partial charge in [0.05, 0.1) is 16.2 Å². The van der Waals surface area contributed by atoms with Gasteiger partial charge in [0.25, 0.3) is 0 Å². The van der Waals surface area contributed by atoms with Crippen LogP contribution in [-0.2, 0) is 13.5 Å². The van der Waals surface area contributed by atoms with E-state index in [-0.39, 0.29) is 0 Å². The molecule has 0 fully saturated rings. The highest BCUT2D eigenvalue weighted by atomic mass is 35.5. The van der Waals surface area contributed by atoms with E-state index in [9.17, 15) is 0 Å². The normalized spacial score (nSPS) is 17.3. The van der Waals surface area contributed by atoms with Gasteiger partial charge in [-0.2, -0.15) is 5.10 Å². The Kier molecular flexibility index (Phi) is 6.21. The summed E-state index contributed by atoms with van der Waals surface area (Å²) >= 11 is 8.50. The number of halogens is 1. The second kappa shape index (κ2) is 8.72. The van der Waals surface area contributed by atoms with Crippen molar-refractivity contribution in [1.82, 2.24) is 14.8 Å². The van der Waals surface area contributed by atoms with Gasteiger partial charge in [0, 0.05) is 41.8 Å². The molecule has 2 unspecified atom stereocenters. The summed E-state index contributed by atoms with van der Waals surface area (Å²) in [4.78, 5) is 7.99. The molecule has 0 N–H and O–H groups in total. The van der Waals surface area contributed by atoms with Gasteiger partial charge in [-0.3, -0.25) is 9.67 Å². The van der Waals surface area contributed by atoms with Crippen LogP contribution in [-0.4, -0.2) is 21.3 Å². The van der Waals surface area contributed by atoms with Gasteiger partial charge in [-0.1, -0.05) is 37.9 Å². The first-order valence-corrected chi connectivity index (χ1v) is 12.1. The molecule has 0 saturated heterocycles. The fourth-order valence-electron chi connectivity index (χ4n) is 5.01. The molecule has 0 radical (unpaired) electrons. The van der Waals surface area contributed by atoms with Crippen LogP contribution < -0.4 is 4.90 Å². The highest BCUT2D eigenvalue weighted by Crippen LogP contribution is 2.46. The maximum absolute atomic E-state index is 6.74. The summed E-state index contributed by atoms with van der Waals surface area (Å²) in [5.74, 6) is 2.03. The Bertz CT molecular complexity index is 1000. The van der Waals surface area contributed by atoms with E-state index in [2.05, 4.69) is 61.4 Å². The van der Waals surface area contributed by atoms with Gasteiger partial charge in [0.15, 0.2) is 5.82 Å². The minimum atomic E-state index is 0.452. The van der Waals surface area contributed by atoms with Crippen LogP contribution in [0.1, 0.15) is 72.2 Å². The van der Waals surface area contributed by atoms with E-state index >= 15 is 0 Å². The van der Waals surface area contributed by atoms with Crippen LogP contribution in [0.4, 0.5) is 11.5 Å². The first-order valence-electron chi connectivity index (χ1n) is 10.9. The lowest BCUT2D eigenvalue weighted by molar-refractivity contribution is 0.545. The van der Waals surface area contributed by atoms with Crippen molar-refractivity contribution in [2.75, 3.05) is 11.4 Å². The second-order valence-electron chi connectivity index (χ2n) is 8.66. The zero-order valence-corrected chi connectivity index (χ0v) is 20.1. The lowest BCUT2D eigenvalue weighted by Gasteiger charge is -2.33. The van der Waals surface area contributed by atoms with E-state index in [4.69, 9.17) is 16.7 Å². The number of benzene rings is 1. The van der Waals surface area contributed by atoms with Crippen molar-refractivity contribution in [3.63, 3.8) is 0 Å². The molecule has 1 aliphatic rings. The largest absolute Gasteiger partial charge is 0.323 e. The van der Waals surface area contributed by atoms with Crippen molar-refractivity contribution in [3.05, 3.63) is 56.1 Å². The lowest BCUT2D eigenvalue weighted by atomic mass is 9.85. The first kappa shape index (κ1) is 21.4. The molecule has 1 aliphatic heterocycles. The third kappa shape index (κ3) is 3.90. The number of aryl methyl sites for hydroxylation is 3. The molecule has 6 heteroatoms. The van der Waals surface area contributed by atoms with E-state index in [1.165, 1.54) is 27.3 Å². The average molecular weight is 443 g/mol. The average Bonchev–Trinajstić information content (AvgIpc) is 3.30. The van der Waals surface area contributed by atoms with E-state index < -0.39 is 0 Å². The van der Waals surface area contributed by atoms with E-state index in [1.807, 2.05) is 11.7 Å². The molecule has 0 bridgehead atoms. The minimum Gasteiger partial charge on any atom is -0.323 e. The maximum Gasteiger partial charge on any atom is 0.158 e. The Labute approximate surface area is 188 Å². The zero-order valence-electron chi connectivity index (χ0n) is 18.6. The fourth-order valence-corrected chi connectivity index (χ4v) is 6.10. The van der Waals surface area contributed by atoms with Crippen molar-refractivity contribution in [2.24, 2.45) is 7.05 Å². The van der Waals surface area contributed by atoms with Crippen LogP contribution >= 0.6 is 22.9 Å². The Morgan fingerprint density at radius 1 is 1.30 bits per heavy atom. The molecule has 30 heavy (non-hydrogen) atoms. The predicted molar refractivity (Wildman–Crippen MR) is 128 cm³/mol. The molecule has 4 rings (SSSR count). The van der Waals surface area contributed by atoms with Crippen molar-refractivity contribution in [3.8, 4) is 0 Å². The fraction of sp³-hybridized carbons (Fsp3) is 0.500. The van der Waals surface area contributed by atoms with Crippen LogP contribution in [0.3, 0.4) is 0 Å². The topological polar surface area (TPSA) is 34.0 Å². The molecule has 1 aromatic carbocycles. The summed E-state index contributed by atoms with van der Waals surface area (Å²) < 4.78 is 2.14. The molecular formula is C24H31ClN4S. The molecule has 160 valence electrons. The molecule has 0 saturated carbocycles. The number of thiazole rings is 1. The highest BCUT2D eigenvalue weighted by Gasteiger charge is 2.34. The van der Waals surface area contributed by atoms with Gasteiger partial charge in [0.2, 0.25) is 0 Å². The number of nitrogens with zero attached hydrogens (tertiary/aromatic N) is 4. The zero-order chi connectivity index (χ0) is 21.4. The summed E-state index contributed by atoms with van der Waals surface area (Å²) in [6.07, 6.45) is 6.46. The monoisotopic (exact) mass is 442 g/mol. The van der Waals surface area contributed by atoms with Crippen LogP contribution in [0.15, 0.2) is 23.8 Å². The number of fused-ring (bicyclic) bond motifs is 1. The SMILES string of the molecule is CCCC(Cc1cncs1)c1c2c(nn1C)N(c1c(C)cc(C)cc1Cl)CCC2C. The summed E-state index contributed by atoms with van der Waals surface area (Å²) in [6.45, 7) is 9.81. The molecule has 0 spiro atoms. The molecule has 0 aliphatic carbocycles. The summed E-state index contributed by atoms with van der Waals surface area (Å²) in [5, 5.41) is 5.88. The standard InChI is InChI=1S/C24H31ClN4S/c1-6-7-18(12-19-13-26-14-30-19)23-21-16(3)8-9-29(24(21)27-28(23)5)22-17(4)10-15(2)11-20(22)25/h10-11,13-14,16,18H,6-9,12H2,1-5H3. The van der Waals surface area contributed by atoms with Crippen molar-refractivity contribution >= 4 is 34.4 Å². The first-order chi connectivity index (χ1) is 14.4.